The molecule has 0 saturated carbocycles. The van der Waals surface area contributed by atoms with Gasteiger partial charge < -0.3 is 9.13 Å². The molecule has 2 aromatic heterocycles. The van der Waals surface area contributed by atoms with Crippen molar-refractivity contribution in [1.29, 1.82) is 0 Å². The highest BCUT2D eigenvalue weighted by Crippen LogP contribution is 2.42. The molecule has 0 spiro atoms. The maximum absolute atomic E-state index is 2.47. The van der Waals surface area contributed by atoms with E-state index < -0.39 is 0 Å². The zero-order valence-electron chi connectivity index (χ0n) is 29.5. The van der Waals surface area contributed by atoms with E-state index in [1.54, 1.807) is 0 Å². The molecule has 0 radical (unpaired) electrons. The van der Waals surface area contributed by atoms with Crippen LogP contribution < -0.4 is 0 Å². The van der Waals surface area contributed by atoms with E-state index in [9.17, 15) is 0 Å². The van der Waals surface area contributed by atoms with Gasteiger partial charge in [0.05, 0.1) is 22.1 Å². The third-order valence-corrected chi connectivity index (χ3v) is 11.1. The summed E-state index contributed by atoms with van der Waals surface area (Å²) in [5, 5.41) is 7.48. The topological polar surface area (TPSA) is 9.86 Å². The number of hydrogen-bond donors (Lipinski definition) is 0. The zero-order chi connectivity index (χ0) is 35.6. The minimum Gasteiger partial charge on any atom is -0.307 e. The van der Waals surface area contributed by atoms with Gasteiger partial charge in [0, 0.05) is 32.9 Å². The Morgan fingerprint density at radius 1 is 0.241 bits per heavy atom. The van der Waals surface area contributed by atoms with E-state index in [4.69, 9.17) is 0 Å². The van der Waals surface area contributed by atoms with E-state index in [-0.39, 0.29) is 0 Å². The maximum Gasteiger partial charge on any atom is 0.0788 e. The molecule has 0 atom stereocenters. The monoisotopic (exact) mass is 686 g/mol. The number of rotatable bonds is 5. The average molecular weight is 687 g/mol. The first-order valence-electron chi connectivity index (χ1n) is 18.6. The predicted molar refractivity (Wildman–Crippen MR) is 229 cm³/mol. The first kappa shape index (κ1) is 30.5. The van der Waals surface area contributed by atoms with E-state index in [2.05, 4.69) is 215 Å². The number of aromatic nitrogens is 2. The molecule has 2 nitrogen and oxygen atoms in total. The normalized spacial score (nSPS) is 11.7. The maximum atomic E-state index is 2.47. The lowest BCUT2D eigenvalue weighted by Crippen LogP contribution is -1.98. The van der Waals surface area contributed by atoms with Crippen molar-refractivity contribution in [1.82, 2.24) is 9.13 Å². The summed E-state index contributed by atoms with van der Waals surface area (Å²) in [6.07, 6.45) is 0. The van der Waals surface area contributed by atoms with Gasteiger partial charge in [-0.1, -0.05) is 158 Å². The Balaban J connectivity index is 1.08. The van der Waals surface area contributed by atoms with Crippen LogP contribution in [0.5, 0.6) is 0 Å². The summed E-state index contributed by atoms with van der Waals surface area (Å²) in [6, 6.07) is 75.2. The smallest absolute Gasteiger partial charge is 0.0788 e. The Morgan fingerprint density at radius 3 is 1.06 bits per heavy atom. The lowest BCUT2D eigenvalue weighted by molar-refractivity contribution is 1.15. The number of fused-ring (bicyclic) bond motifs is 8. The second-order valence-corrected chi connectivity index (χ2v) is 14.2. The van der Waals surface area contributed by atoms with Gasteiger partial charge in [-0.2, -0.15) is 0 Å². The summed E-state index contributed by atoms with van der Waals surface area (Å²) < 4.78 is 4.93. The van der Waals surface area contributed by atoms with Crippen LogP contribution >= 0.6 is 0 Å². The second kappa shape index (κ2) is 12.2. The van der Waals surface area contributed by atoms with Crippen LogP contribution in [0.15, 0.2) is 206 Å². The molecule has 11 rings (SSSR count). The minimum absolute atomic E-state index is 1.14. The first-order valence-corrected chi connectivity index (χ1v) is 18.6. The summed E-state index contributed by atoms with van der Waals surface area (Å²) in [6.45, 7) is 0. The standard InChI is InChI=1S/C52H34N2/c1-3-11-35(12-4-1)37-23-27-43(28-24-37)53-49-17-9-7-15-45(49)47-31-32-48-46-16-8-10-18-50(46)54(52(48)51(47)53)44-29-25-38(26-30-44)40-20-22-41-33-39(19-21-42(41)34-40)36-13-5-2-6-14-36/h1-34H. The highest BCUT2D eigenvalue weighted by molar-refractivity contribution is 6.23. The van der Waals surface area contributed by atoms with Crippen LogP contribution in [0, 0.1) is 0 Å². The first-order chi connectivity index (χ1) is 26.8. The summed E-state index contributed by atoms with van der Waals surface area (Å²) in [7, 11) is 0. The summed E-state index contributed by atoms with van der Waals surface area (Å²) in [5.41, 5.74) is 14.4. The van der Waals surface area contributed by atoms with Crippen molar-refractivity contribution in [3.8, 4) is 44.8 Å². The summed E-state index contributed by atoms with van der Waals surface area (Å²) in [5.74, 6) is 0. The molecule has 0 aliphatic rings. The molecule has 54 heavy (non-hydrogen) atoms. The molecule has 0 unspecified atom stereocenters. The van der Waals surface area contributed by atoms with Gasteiger partial charge in [0.2, 0.25) is 0 Å². The van der Waals surface area contributed by atoms with E-state index >= 15 is 0 Å². The Labute approximate surface area is 313 Å². The minimum atomic E-state index is 1.14. The molecular weight excluding hydrogens is 653 g/mol. The number of benzene rings is 9. The molecule has 0 aliphatic carbocycles. The Hall–Kier alpha value is -7.16. The molecule has 0 aliphatic heterocycles. The van der Waals surface area contributed by atoms with E-state index in [0.717, 1.165) is 11.4 Å². The third kappa shape index (κ3) is 4.81. The van der Waals surface area contributed by atoms with Gasteiger partial charge in [-0.05, 0) is 92.7 Å². The average Bonchev–Trinajstić information content (AvgIpc) is 3.77. The Bertz CT molecular complexity index is 3170. The van der Waals surface area contributed by atoms with Crippen LogP contribution in [0.25, 0.3) is 99.1 Å². The van der Waals surface area contributed by atoms with Gasteiger partial charge in [-0.25, -0.2) is 0 Å². The van der Waals surface area contributed by atoms with Crippen molar-refractivity contribution < 1.29 is 0 Å². The lowest BCUT2D eigenvalue weighted by Gasteiger charge is -2.14. The summed E-state index contributed by atoms with van der Waals surface area (Å²) in [4.78, 5) is 0. The molecule has 2 heteroatoms. The van der Waals surface area contributed by atoms with E-state index in [1.807, 2.05) is 0 Å². The van der Waals surface area contributed by atoms with Crippen LogP contribution in [0.4, 0.5) is 0 Å². The van der Waals surface area contributed by atoms with Crippen molar-refractivity contribution in [3.05, 3.63) is 206 Å². The second-order valence-electron chi connectivity index (χ2n) is 14.2. The SMILES string of the molecule is c1ccc(-c2ccc(-n3c4ccccc4c4ccc5c6ccccc6n(-c6ccc(-c7ccc8cc(-c9ccccc9)ccc8c7)cc6)c5c43)cc2)cc1. The van der Waals surface area contributed by atoms with Crippen molar-refractivity contribution in [3.63, 3.8) is 0 Å². The van der Waals surface area contributed by atoms with E-state index in [1.165, 1.54) is 87.8 Å². The molecule has 252 valence electrons. The molecule has 0 N–H and O–H groups in total. The van der Waals surface area contributed by atoms with Crippen LogP contribution in [-0.2, 0) is 0 Å². The Kier molecular flexibility index (Phi) is 6.90. The highest BCUT2D eigenvalue weighted by atomic mass is 15.0. The van der Waals surface area contributed by atoms with Crippen molar-refractivity contribution in [2.45, 2.75) is 0 Å². The molecule has 2 heterocycles. The van der Waals surface area contributed by atoms with Gasteiger partial charge in [-0.15, -0.1) is 0 Å². The zero-order valence-corrected chi connectivity index (χ0v) is 29.5. The largest absolute Gasteiger partial charge is 0.307 e. The molecule has 9 aromatic carbocycles. The molecule has 11 aromatic rings. The van der Waals surface area contributed by atoms with Crippen molar-refractivity contribution in [2.24, 2.45) is 0 Å². The number of para-hydroxylation sites is 2. The lowest BCUT2D eigenvalue weighted by atomic mass is 9.97. The fourth-order valence-electron chi connectivity index (χ4n) is 8.51. The van der Waals surface area contributed by atoms with Gasteiger partial charge in [-0.3, -0.25) is 0 Å². The van der Waals surface area contributed by atoms with E-state index in [0.29, 0.717) is 0 Å². The van der Waals surface area contributed by atoms with Crippen LogP contribution in [0.2, 0.25) is 0 Å². The third-order valence-electron chi connectivity index (χ3n) is 11.1. The van der Waals surface area contributed by atoms with Crippen LogP contribution in [-0.4, -0.2) is 9.13 Å². The summed E-state index contributed by atoms with van der Waals surface area (Å²) >= 11 is 0. The van der Waals surface area contributed by atoms with Crippen LogP contribution in [0.1, 0.15) is 0 Å². The fraction of sp³-hybridized carbons (Fsp3) is 0. The molecule has 0 fully saturated rings. The number of nitrogens with zero attached hydrogens (tertiary/aromatic N) is 2. The van der Waals surface area contributed by atoms with Gasteiger partial charge in [0.1, 0.15) is 0 Å². The van der Waals surface area contributed by atoms with Gasteiger partial charge >= 0.3 is 0 Å². The van der Waals surface area contributed by atoms with Gasteiger partial charge in [0.15, 0.2) is 0 Å². The number of hydrogen-bond acceptors (Lipinski definition) is 0. The Morgan fingerprint density at radius 2 is 0.593 bits per heavy atom. The molecule has 0 amide bonds. The predicted octanol–water partition coefficient (Wildman–Crippen LogP) is 14.0. The fourth-order valence-corrected chi connectivity index (χ4v) is 8.51. The van der Waals surface area contributed by atoms with Gasteiger partial charge in [0.25, 0.3) is 0 Å². The molecule has 0 bridgehead atoms. The highest BCUT2D eigenvalue weighted by Gasteiger charge is 2.21. The van der Waals surface area contributed by atoms with Crippen molar-refractivity contribution >= 4 is 54.4 Å². The molecular formula is C52H34N2. The molecule has 0 saturated heterocycles. The van der Waals surface area contributed by atoms with Crippen molar-refractivity contribution in [2.75, 3.05) is 0 Å². The van der Waals surface area contributed by atoms with Crippen LogP contribution in [0.3, 0.4) is 0 Å². The quantitative estimate of drug-likeness (QED) is 0.171.